The highest BCUT2D eigenvalue weighted by molar-refractivity contribution is 6.48. The Morgan fingerprint density at radius 2 is 1.50 bits per heavy atom. The van der Waals surface area contributed by atoms with Crippen LogP contribution >= 0.6 is 0 Å². The third-order valence-electron chi connectivity index (χ3n) is 1.74. The zero-order chi connectivity index (χ0) is 14.8. The van der Waals surface area contributed by atoms with Crippen LogP contribution in [-0.2, 0) is 17.2 Å². The Kier molecular flexibility index (Phi) is 11.6. The van der Waals surface area contributed by atoms with E-state index in [0.717, 1.165) is 13.2 Å². The largest absolute Gasteiger partial charge is 0.680 e. The molecule has 0 amide bonds. The van der Waals surface area contributed by atoms with Gasteiger partial charge in [0.25, 0.3) is 0 Å². The lowest BCUT2D eigenvalue weighted by Crippen LogP contribution is -2.33. The van der Waals surface area contributed by atoms with Gasteiger partial charge in [-0.2, -0.15) is 0 Å². The van der Waals surface area contributed by atoms with Gasteiger partial charge in [-0.25, -0.2) is 0 Å². The topological polar surface area (TPSA) is 72.8 Å². The molecule has 0 radical (unpaired) electrons. The first-order chi connectivity index (χ1) is 8.15. The van der Waals surface area contributed by atoms with E-state index < -0.39 is 20.8 Å². The van der Waals surface area contributed by atoms with Crippen LogP contribution in [0, 0.1) is 0 Å². The van der Waals surface area contributed by atoms with Gasteiger partial charge in [0.2, 0.25) is 0 Å². The molecule has 0 aliphatic rings. The molecule has 0 aromatic rings. The van der Waals surface area contributed by atoms with Crippen LogP contribution in [0.3, 0.4) is 0 Å². The number of ketones is 1. The number of carbonyl (C=O) groups is 2. The Balaban J connectivity index is 0. The Hall–Kier alpha value is -0.408. The maximum Gasteiger partial charge on any atom is 0.680 e. The van der Waals surface area contributed by atoms with Crippen molar-refractivity contribution in [2.45, 2.75) is 52.2 Å². The van der Waals surface area contributed by atoms with Crippen molar-refractivity contribution in [1.82, 2.24) is 0 Å². The van der Waals surface area contributed by atoms with Crippen LogP contribution in [0.2, 0.25) is 4.28 Å². The van der Waals surface area contributed by atoms with Crippen LogP contribution in [0.15, 0.2) is 0 Å². The Morgan fingerprint density at radius 3 is 1.61 bits per heavy atom. The van der Waals surface area contributed by atoms with E-state index in [0.29, 0.717) is 0 Å². The maximum atomic E-state index is 9.87. The molecule has 0 atom stereocenters. The lowest BCUT2D eigenvalue weighted by Gasteiger charge is -2.23. The summed E-state index contributed by atoms with van der Waals surface area (Å²) < 4.78 is 11.3. The lowest BCUT2D eigenvalue weighted by molar-refractivity contribution is -0.139. The lowest BCUT2D eigenvalue weighted by atomic mass is 10.2. The second kappa shape index (κ2) is 10.5. The van der Waals surface area contributed by atoms with Crippen LogP contribution in [0.4, 0.5) is 0 Å². The van der Waals surface area contributed by atoms with Crippen molar-refractivity contribution in [2.75, 3.05) is 13.2 Å². The first-order valence-corrected chi connectivity index (χ1v) is 7.61. The molecular weight excluding hydrogens is 251 g/mol. The molecule has 0 spiro atoms. The molecule has 0 saturated carbocycles. The van der Waals surface area contributed by atoms with Crippen LogP contribution in [0.25, 0.3) is 0 Å². The Bertz CT molecular complexity index is 229. The number of rotatable bonds is 6. The van der Waals surface area contributed by atoms with Gasteiger partial charge in [-0.3, -0.25) is 9.59 Å². The van der Waals surface area contributed by atoms with Gasteiger partial charge in [0.1, 0.15) is 12.2 Å². The molecule has 0 bridgehead atoms. The average Bonchev–Trinajstić information content (AvgIpc) is 2.14. The normalized spacial score (nSPS) is 10.3. The van der Waals surface area contributed by atoms with Crippen molar-refractivity contribution in [3.63, 3.8) is 0 Å². The van der Waals surface area contributed by atoms with E-state index in [-0.39, 0.29) is 16.5 Å². The van der Waals surface area contributed by atoms with E-state index in [1.165, 1.54) is 6.92 Å². The maximum absolute atomic E-state index is 9.87. The monoisotopic (exact) mass is 276 g/mol. The summed E-state index contributed by atoms with van der Waals surface area (Å²) >= 11 is -1.42. The molecule has 0 aromatic heterocycles. The van der Waals surface area contributed by atoms with Gasteiger partial charge in [0.15, 0.2) is 0 Å². The molecule has 0 aliphatic carbocycles. The minimum Gasteiger partial charge on any atom is -0.481 e. The second-order valence-electron chi connectivity index (χ2n) is 4.88. The van der Waals surface area contributed by atoms with E-state index in [1.54, 1.807) is 0 Å². The number of hydrogen-bond donors (Lipinski definition) is 1. The summed E-state index contributed by atoms with van der Waals surface area (Å²) in [5.74, 6) is -1.37. The minimum atomic E-state index is -1.42. The van der Waals surface area contributed by atoms with Gasteiger partial charge in [-0.15, -0.1) is 0 Å². The van der Waals surface area contributed by atoms with Gasteiger partial charge in [-0.1, -0.05) is 20.8 Å². The molecule has 0 fully saturated rings. The zero-order valence-corrected chi connectivity index (χ0v) is 13.4. The first kappa shape index (κ1) is 19.9. The number of hydrogen-bond acceptors (Lipinski definition) is 4. The zero-order valence-electron chi connectivity index (χ0n) is 12.3. The van der Waals surface area contributed by atoms with Crippen LogP contribution < -0.4 is 0 Å². The fraction of sp³-hybridized carbons (Fsp3) is 0.833. The van der Waals surface area contributed by atoms with Crippen molar-refractivity contribution in [1.29, 1.82) is 0 Å². The number of carbonyl (C=O) groups excluding carboxylic acids is 1. The average molecular weight is 276 g/mol. The van der Waals surface area contributed by atoms with Crippen molar-refractivity contribution >= 4 is 26.6 Å². The summed E-state index contributed by atoms with van der Waals surface area (Å²) in [5, 5.41) is 7.86. The molecule has 0 aromatic carbocycles. The number of carboxylic acid groups (broad SMARTS) is 1. The van der Waals surface area contributed by atoms with E-state index in [2.05, 4.69) is 20.8 Å². The summed E-state index contributed by atoms with van der Waals surface area (Å²) in [7, 11) is 0. The Morgan fingerprint density at radius 1 is 1.11 bits per heavy atom. The fourth-order valence-corrected chi connectivity index (χ4v) is 2.77. The highest BCUT2D eigenvalue weighted by atomic mass is 27.2. The fourth-order valence-electron chi connectivity index (χ4n) is 1.06. The molecule has 6 heteroatoms. The molecule has 0 rings (SSSR count). The third-order valence-corrected chi connectivity index (χ3v) is 4.43. The van der Waals surface area contributed by atoms with Crippen molar-refractivity contribution in [2.24, 2.45) is 0 Å². The van der Waals surface area contributed by atoms with Gasteiger partial charge in [0.05, 0.1) is 0 Å². The van der Waals surface area contributed by atoms with Crippen LogP contribution in [0.5, 0.6) is 0 Å². The molecule has 0 heterocycles. The highest BCUT2D eigenvalue weighted by Gasteiger charge is 2.38. The summed E-state index contributed by atoms with van der Waals surface area (Å²) in [4.78, 5) is 19.5. The molecule has 5 nitrogen and oxygen atoms in total. The summed E-state index contributed by atoms with van der Waals surface area (Å²) in [6, 6.07) is 0. The van der Waals surface area contributed by atoms with Crippen molar-refractivity contribution < 1.29 is 22.3 Å². The molecule has 0 unspecified atom stereocenters. The van der Waals surface area contributed by atoms with Gasteiger partial charge in [0, 0.05) is 13.2 Å². The Labute approximate surface area is 115 Å². The molecule has 0 aliphatic heterocycles. The highest BCUT2D eigenvalue weighted by Crippen LogP contribution is 2.27. The number of aliphatic carboxylic acids is 1. The van der Waals surface area contributed by atoms with E-state index in [9.17, 15) is 9.59 Å². The predicted molar refractivity (Wildman–Crippen MR) is 71.7 cm³/mol. The predicted octanol–water partition coefficient (Wildman–Crippen LogP) is 2.40. The van der Waals surface area contributed by atoms with Gasteiger partial charge in [-0.05, 0) is 25.0 Å². The van der Waals surface area contributed by atoms with Crippen molar-refractivity contribution in [3.8, 4) is 0 Å². The minimum absolute atomic E-state index is 0.214. The van der Waals surface area contributed by atoms with E-state index in [1.807, 2.05) is 13.8 Å². The number of carboxylic acids is 1. The first-order valence-electron chi connectivity index (χ1n) is 6.09. The summed E-state index contributed by atoms with van der Waals surface area (Å²) in [5.41, 5.74) is 0. The van der Waals surface area contributed by atoms with E-state index in [4.69, 9.17) is 12.7 Å². The van der Waals surface area contributed by atoms with Gasteiger partial charge >= 0.3 is 20.8 Å². The second-order valence-corrected chi connectivity index (χ2v) is 7.94. The SMILES string of the molecule is CC(=O)CC(=O)O.CC[O][Al]([O]CC)[C](C)(C)C. The summed E-state index contributed by atoms with van der Waals surface area (Å²) in [6.07, 6.45) is -0.361. The van der Waals surface area contributed by atoms with Crippen LogP contribution in [0.1, 0.15) is 48.0 Å². The van der Waals surface area contributed by atoms with E-state index >= 15 is 0 Å². The molecule has 106 valence electrons. The molecule has 1 N–H and O–H groups in total. The number of Topliss-reactive ketones (excluding diaryl/α,β-unsaturated/α-hetero) is 1. The van der Waals surface area contributed by atoms with Crippen molar-refractivity contribution in [3.05, 3.63) is 0 Å². The standard InChI is InChI=1S/C4H6O3.C4H9.2C2H5O.Al/c1-3(5)2-4(6)7;1-4(2)3;2*1-2-3;/h2H2,1H3,(H,6,7);1-3H3;2*2H2,1H3;/q;;2*-1;+2. The molecule has 0 saturated heterocycles. The van der Waals surface area contributed by atoms with Gasteiger partial charge < -0.3 is 12.7 Å². The van der Waals surface area contributed by atoms with Crippen LogP contribution in [-0.4, -0.2) is 44.9 Å². The molecule has 18 heavy (non-hydrogen) atoms. The quantitative estimate of drug-likeness (QED) is 0.595. The summed E-state index contributed by atoms with van der Waals surface area (Å²) in [6.45, 7) is 13.4. The smallest absolute Gasteiger partial charge is 0.481 e. The molecular formula is C12H25AlO5. The third kappa shape index (κ3) is 13.7.